The largest absolute Gasteiger partial charge is 0.393 e. The van der Waals surface area contributed by atoms with Gasteiger partial charge in [-0.25, -0.2) is 0 Å². The zero-order valence-electron chi connectivity index (χ0n) is 15.7. The van der Waals surface area contributed by atoms with E-state index < -0.39 is 5.91 Å². The van der Waals surface area contributed by atoms with E-state index >= 15 is 0 Å². The molecule has 1 saturated heterocycles. The van der Waals surface area contributed by atoms with E-state index in [1.54, 1.807) is 17.2 Å². The Morgan fingerprint density at radius 1 is 1.35 bits per heavy atom. The van der Waals surface area contributed by atoms with Gasteiger partial charge in [-0.05, 0) is 18.4 Å². The van der Waals surface area contributed by atoms with E-state index in [-0.39, 0.29) is 30.1 Å². The standard InChI is InChI=1S/C15H25N7O2.C2H6/c1-8-3-5-22(11(23)6-16)7-10(8)21-13(12(17)15(19)24)9-2-4-20-14(9)18;1-2/h2,4,8,10,20-21H,3,5-7,16-18H2,1H3,(H2,19,24);1-2H3/b13-12+;. The molecule has 26 heavy (non-hydrogen) atoms. The Morgan fingerprint density at radius 2 is 2.00 bits per heavy atom. The smallest absolute Gasteiger partial charge is 0.266 e. The number of hydrogen-bond donors (Lipinski definition) is 6. The number of likely N-dealkylation sites (tertiary alicyclic amines) is 1. The number of amides is 2. The van der Waals surface area contributed by atoms with Crippen molar-refractivity contribution in [2.24, 2.45) is 23.1 Å². The third-order valence-corrected chi connectivity index (χ3v) is 4.40. The van der Waals surface area contributed by atoms with Gasteiger partial charge in [0.05, 0.1) is 12.2 Å². The molecule has 2 rings (SSSR count). The fourth-order valence-corrected chi connectivity index (χ4v) is 2.82. The Morgan fingerprint density at radius 3 is 2.50 bits per heavy atom. The Bertz CT molecular complexity index is 653. The van der Waals surface area contributed by atoms with Crippen LogP contribution in [0, 0.1) is 5.92 Å². The summed E-state index contributed by atoms with van der Waals surface area (Å²) in [7, 11) is 0. The quantitative estimate of drug-likeness (QED) is 0.385. The zero-order chi connectivity index (χ0) is 19.9. The minimum Gasteiger partial charge on any atom is -0.393 e. The Balaban J connectivity index is 0.00000163. The summed E-state index contributed by atoms with van der Waals surface area (Å²) >= 11 is 0. The van der Waals surface area contributed by atoms with Gasteiger partial charge in [-0.15, -0.1) is 0 Å². The van der Waals surface area contributed by atoms with Crippen LogP contribution in [-0.4, -0.2) is 47.4 Å². The van der Waals surface area contributed by atoms with E-state index in [9.17, 15) is 9.59 Å². The average Bonchev–Trinajstić information content (AvgIpc) is 3.07. The van der Waals surface area contributed by atoms with Gasteiger partial charge >= 0.3 is 0 Å². The van der Waals surface area contributed by atoms with Gasteiger partial charge in [0.25, 0.3) is 5.91 Å². The van der Waals surface area contributed by atoms with Crippen LogP contribution in [-0.2, 0) is 9.59 Å². The minimum atomic E-state index is -0.739. The summed E-state index contributed by atoms with van der Waals surface area (Å²) in [4.78, 5) is 28.0. The molecule has 0 bridgehead atoms. The molecule has 10 N–H and O–H groups in total. The first-order valence-electron chi connectivity index (χ1n) is 8.82. The molecule has 0 spiro atoms. The Hall–Kier alpha value is -2.68. The maximum atomic E-state index is 11.9. The van der Waals surface area contributed by atoms with Crippen molar-refractivity contribution in [3.05, 3.63) is 23.5 Å². The number of primary amides is 1. The molecule has 0 aromatic carbocycles. The first-order chi connectivity index (χ1) is 12.3. The maximum absolute atomic E-state index is 11.9. The van der Waals surface area contributed by atoms with Crippen molar-refractivity contribution >= 4 is 23.3 Å². The number of hydrogen-bond acceptors (Lipinski definition) is 6. The second-order valence-electron chi connectivity index (χ2n) is 6.02. The average molecular weight is 365 g/mol. The van der Waals surface area contributed by atoms with Crippen LogP contribution in [0.2, 0.25) is 0 Å². The first kappa shape index (κ1) is 21.4. The van der Waals surface area contributed by atoms with Gasteiger partial charge in [-0.3, -0.25) is 9.59 Å². The zero-order valence-corrected chi connectivity index (χ0v) is 15.7. The van der Waals surface area contributed by atoms with Crippen LogP contribution in [0.3, 0.4) is 0 Å². The van der Waals surface area contributed by atoms with Gasteiger partial charge in [0, 0.05) is 30.9 Å². The van der Waals surface area contributed by atoms with Crippen LogP contribution < -0.4 is 28.3 Å². The third kappa shape index (κ3) is 4.92. The van der Waals surface area contributed by atoms with Crippen LogP contribution in [0.4, 0.5) is 5.82 Å². The molecule has 146 valence electrons. The van der Waals surface area contributed by atoms with E-state index in [1.165, 1.54) is 0 Å². The molecule has 2 atom stereocenters. The molecule has 1 aromatic heterocycles. The number of rotatable bonds is 5. The number of nitrogens with zero attached hydrogens (tertiary/aromatic N) is 1. The highest BCUT2D eigenvalue weighted by Crippen LogP contribution is 2.24. The van der Waals surface area contributed by atoms with Gasteiger partial charge in [-0.2, -0.15) is 0 Å². The second-order valence-corrected chi connectivity index (χ2v) is 6.02. The summed E-state index contributed by atoms with van der Waals surface area (Å²) in [5.74, 6) is -0.206. The molecule has 9 nitrogen and oxygen atoms in total. The Labute approximate surface area is 154 Å². The van der Waals surface area contributed by atoms with E-state index in [2.05, 4.69) is 17.2 Å². The highest BCUT2D eigenvalue weighted by atomic mass is 16.2. The number of H-pyrrole nitrogens is 1. The summed E-state index contributed by atoms with van der Waals surface area (Å²) < 4.78 is 0. The molecule has 1 fully saturated rings. The third-order valence-electron chi connectivity index (χ3n) is 4.40. The normalized spacial score (nSPS) is 20.5. The number of carbonyl (C=O) groups is 2. The lowest BCUT2D eigenvalue weighted by atomic mass is 9.92. The summed E-state index contributed by atoms with van der Waals surface area (Å²) in [6.45, 7) is 7.17. The van der Waals surface area contributed by atoms with Crippen LogP contribution in [0.15, 0.2) is 18.0 Å². The lowest BCUT2D eigenvalue weighted by Crippen LogP contribution is -2.53. The molecular weight excluding hydrogens is 334 g/mol. The Kier molecular flexibility index (Phi) is 7.98. The highest BCUT2D eigenvalue weighted by molar-refractivity contribution is 5.99. The van der Waals surface area contributed by atoms with Crippen LogP contribution in [0.1, 0.15) is 32.8 Å². The molecule has 1 aromatic rings. The van der Waals surface area contributed by atoms with Crippen molar-refractivity contribution in [2.45, 2.75) is 33.2 Å². The summed E-state index contributed by atoms with van der Waals surface area (Å²) in [6, 6.07) is 1.61. The van der Waals surface area contributed by atoms with Crippen molar-refractivity contribution in [2.75, 3.05) is 25.4 Å². The number of nitrogens with two attached hydrogens (primary N) is 4. The molecule has 0 aliphatic carbocycles. The number of nitrogen functional groups attached to an aromatic ring is 1. The number of carbonyl (C=O) groups excluding carboxylic acids is 2. The number of anilines is 1. The minimum absolute atomic E-state index is 0.0298. The molecule has 9 heteroatoms. The van der Waals surface area contributed by atoms with Crippen LogP contribution in [0.5, 0.6) is 0 Å². The second kappa shape index (κ2) is 9.71. The van der Waals surface area contributed by atoms with E-state index in [0.717, 1.165) is 6.42 Å². The van der Waals surface area contributed by atoms with Gasteiger partial charge < -0.3 is 38.1 Å². The summed E-state index contributed by atoms with van der Waals surface area (Å²) in [6.07, 6.45) is 2.46. The van der Waals surface area contributed by atoms with Gasteiger partial charge in [0.1, 0.15) is 11.5 Å². The fourth-order valence-electron chi connectivity index (χ4n) is 2.82. The topological polar surface area (TPSA) is 169 Å². The molecule has 1 aliphatic rings. The van der Waals surface area contributed by atoms with E-state index in [0.29, 0.717) is 30.2 Å². The van der Waals surface area contributed by atoms with Gasteiger partial charge in [0.2, 0.25) is 5.91 Å². The molecule has 2 amide bonds. The monoisotopic (exact) mass is 365 g/mol. The molecule has 0 radical (unpaired) electrons. The van der Waals surface area contributed by atoms with Crippen LogP contribution in [0.25, 0.3) is 5.70 Å². The molecule has 2 heterocycles. The molecule has 1 aliphatic heterocycles. The van der Waals surface area contributed by atoms with Crippen molar-refractivity contribution in [1.29, 1.82) is 0 Å². The van der Waals surface area contributed by atoms with E-state index in [4.69, 9.17) is 22.9 Å². The maximum Gasteiger partial charge on any atom is 0.266 e. The fraction of sp³-hybridized carbons (Fsp3) is 0.529. The van der Waals surface area contributed by atoms with Gasteiger partial charge in [-0.1, -0.05) is 20.8 Å². The summed E-state index contributed by atoms with van der Waals surface area (Å²) in [5.41, 5.74) is 23.4. The SMILES string of the molecule is CC.CC1CCN(C(=O)CN)CC1N/C(=C(/N)C(N)=O)c1cc[nH]c1N. The lowest BCUT2D eigenvalue weighted by Gasteiger charge is -2.38. The predicted molar refractivity (Wildman–Crippen MR) is 103 cm³/mol. The number of piperidine rings is 1. The number of aromatic amines is 1. The van der Waals surface area contributed by atoms with Crippen molar-refractivity contribution in [3.63, 3.8) is 0 Å². The first-order valence-corrected chi connectivity index (χ1v) is 8.82. The number of aromatic nitrogens is 1. The molecule has 2 unspecified atom stereocenters. The van der Waals surface area contributed by atoms with Crippen molar-refractivity contribution in [3.8, 4) is 0 Å². The lowest BCUT2D eigenvalue weighted by molar-refractivity contribution is -0.131. The molecule has 0 saturated carbocycles. The highest BCUT2D eigenvalue weighted by Gasteiger charge is 2.30. The summed E-state index contributed by atoms with van der Waals surface area (Å²) in [5, 5.41) is 3.26. The molecular formula is C17H31N7O2. The van der Waals surface area contributed by atoms with Gasteiger partial charge in [0.15, 0.2) is 0 Å². The number of nitrogens with one attached hydrogen (secondary N) is 2. The van der Waals surface area contributed by atoms with Crippen molar-refractivity contribution in [1.82, 2.24) is 15.2 Å². The predicted octanol–water partition coefficient (Wildman–Crippen LogP) is -0.479. The van der Waals surface area contributed by atoms with E-state index in [1.807, 2.05) is 13.8 Å². The van der Waals surface area contributed by atoms with Crippen LogP contribution >= 0.6 is 0 Å². The van der Waals surface area contributed by atoms with Crippen molar-refractivity contribution < 1.29 is 9.59 Å².